The maximum atomic E-state index is 13.3. The molecular formula is C24H29NO6. The van der Waals surface area contributed by atoms with Crippen molar-refractivity contribution < 1.29 is 28.5 Å². The number of carbonyl (C=O) groups is 2. The van der Waals surface area contributed by atoms with E-state index in [4.69, 9.17) is 18.9 Å². The van der Waals surface area contributed by atoms with Crippen LogP contribution in [0.5, 0.6) is 11.5 Å². The van der Waals surface area contributed by atoms with Crippen LogP contribution in [0.3, 0.4) is 0 Å². The number of allylic oxidation sites excluding steroid dienone is 3. The van der Waals surface area contributed by atoms with Gasteiger partial charge in [-0.2, -0.15) is 0 Å². The second-order valence-electron chi connectivity index (χ2n) is 8.12. The number of ketones is 1. The lowest BCUT2D eigenvalue weighted by Crippen LogP contribution is -2.41. The minimum absolute atomic E-state index is 0.0713. The lowest BCUT2D eigenvalue weighted by atomic mass is 9.70. The Morgan fingerprint density at radius 2 is 2.06 bits per heavy atom. The van der Waals surface area contributed by atoms with Gasteiger partial charge in [0.05, 0.1) is 31.8 Å². The summed E-state index contributed by atoms with van der Waals surface area (Å²) in [6, 6.07) is 5.45. The van der Waals surface area contributed by atoms with Crippen LogP contribution < -0.4 is 14.8 Å². The molecule has 0 spiro atoms. The summed E-state index contributed by atoms with van der Waals surface area (Å²) in [6.45, 7) is 2.75. The largest absolute Gasteiger partial charge is 0.497 e. The molecule has 3 aliphatic rings. The molecule has 31 heavy (non-hydrogen) atoms. The Bertz CT molecular complexity index is 928. The average molecular weight is 427 g/mol. The molecule has 1 N–H and O–H groups in total. The van der Waals surface area contributed by atoms with Gasteiger partial charge < -0.3 is 24.3 Å². The third-order valence-electron chi connectivity index (χ3n) is 6.23. The Labute approximate surface area is 182 Å². The van der Waals surface area contributed by atoms with E-state index in [1.54, 1.807) is 26.4 Å². The van der Waals surface area contributed by atoms with Crippen molar-refractivity contribution in [3.05, 3.63) is 46.8 Å². The molecule has 7 nitrogen and oxygen atoms in total. The van der Waals surface area contributed by atoms with Crippen molar-refractivity contribution in [1.29, 1.82) is 0 Å². The zero-order chi connectivity index (χ0) is 22.0. The van der Waals surface area contributed by atoms with Gasteiger partial charge in [-0.15, -0.1) is 0 Å². The molecule has 4 rings (SSSR count). The molecule has 1 aliphatic carbocycles. The molecule has 0 amide bonds. The van der Waals surface area contributed by atoms with Crippen molar-refractivity contribution in [2.75, 3.05) is 27.4 Å². The molecule has 3 unspecified atom stereocenters. The van der Waals surface area contributed by atoms with Crippen LogP contribution in [0.25, 0.3) is 0 Å². The molecule has 166 valence electrons. The van der Waals surface area contributed by atoms with Crippen LogP contribution >= 0.6 is 0 Å². The topological polar surface area (TPSA) is 83.1 Å². The molecule has 1 aromatic rings. The second kappa shape index (κ2) is 9.14. The summed E-state index contributed by atoms with van der Waals surface area (Å²) >= 11 is 0. The number of esters is 1. The first-order valence-electron chi connectivity index (χ1n) is 10.7. The molecular weight excluding hydrogens is 398 g/mol. The van der Waals surface area contributed by atoms with Gasteiger partial charge >= 0.3 is 5.97 Å². The number of carbonyl (C=O) groups excluding carboxylic acids is 2. The molecule has 0 radical (unpaired) electrons. The first-order chi connectivity index (χ1) is 15.0. The minimum atomic E-state index is -0.526. The van der Waals surface area contributed by atoms with Crippen LogP contribution in [0, 0.1) is 5.92 Å². The summed E-state index contributed by atoms with van der Waals surface area (Å²) in [4.78, 5) is 26.4. The molecule has 7 heteroatoms. The number of rotatable bonds is 6. The summed E-state index contributed by atoms with van der Waals surface area (Å²) in [5, 5.41) is 3.29. The summed E-state index contributed by atoms with van der Waals surface area (Å²) in [5.74, 6) is -0.133. The number of ether oxygens (including phenoxy) is 4. The number of nitrogens with one attached hydrogen (secondary N) is 1. The van der Waals surface area contributed by atoms with E-state index < -0.39 is 17.8 Å². The number of methoxy groups -OCH3 is 2. The molecule has 1 fully saturated rings. The second-order valence-corrected chi connectivity index (χ2v) is 8.12. The smallest absolute Gasteiger partial charge is 0.336 e. The lowest BCUT2D eigenvalue weighted by molar-refractivity contribution is -0.143. The van der Waals surface area contributed by atoms with Gasteiger partial charge in [0.1, 0.15) is 23.9 Å². The molecule has 3 atom stereocenters. The van der Waals surface area contributed by atoms with E-state index in [1.807, 2.05) is 19.1 Å². The third-order valence-corrected chi connectivity index (χ3v) is 6.23. The quantitative estimate of drug-likeness (QED) is 0.698. The zero-order valence-electron chi connectivity index (χ0n) is 18.2. The van der Waals surface area contributed by atoms with Crippen LogP contribution in [0.15, 0.2) is 41.2 Å². The number of benzene rings is 1. The Kier molecular flexibility index (Phi) is 6.32. The number of hydrogen-bond acceptors (Lipinski definition) is 7. The number of Topliss-reactive ketones (excluding diaryl/α,β-unsaturated/α-hetero) is 1. The van der Waals surface area contributed by atoms with Crippen molar-refractivity contribution in [3.63, 3.8) is 0 Å². The van der Waals surface area contributed by atoms with Crippen molar-refractivity contribution >= 4 is 11.8 Å². The highest BCUT2D eigenvalue weighted by Gasteiger charge is 2.44. The molecule has 2 heterocycles. The fourth-order valence-electron chi connectivity index (χ4n) is 4.72. The van der Waals surface area contributed by atoms with E-state index in [-0.39, 0.29) is 18.5 Å². The van der Waals surface area contributed by atoms with Gasteiger partial charge in [-0.3, -0.25) is 4.79 Å². The van der Waals surface area contributed by atoms with Crippen molar-refractivity contribution in [1.82, 2.24) is 5.32 Å². The number of hydrogen-bond donors (Lipinski definition) is 1. The van der Waals surface area contributed by atoms with Gasteiger partial charge in [0, 0.05) is 35.9 Å². The molecule has 1 aromatic carbocycles. The van der Waals surface area contributed by atoms with E-state index in [0.29, 0.717) is 42.2 Å². The van der Waals surface area contributed by atoms with Gasteiger partial charge in [-0.1, -0.05) is 6.08 Å². The Morgan fingerprint density at radius 3 is 2.77 bits per heavy atom. The van der Waals surface area contributed by atoms with Crippen molar-refractivity contribution in [3.8, 4) is 11.5 Å². The van der Waals surface area contributed by atoms with E-state index in [9.17, 15) is 9.59 Å². The summed E-state index contributed by atoms with van der Waals surface area (Å²) < 4.78 is 22.3. The normalized spacial score (nSPS) is 25.5. The van der Waals surface area contributed by atoms with Gasteiger partial charge in [0.25, 0.3) is 0 Å². The van der Waals surface area contributed by atoms with Crippen LogP contribution in [-0.2, 0) is 19.1 Å². The minimum Gasteiger partial charge on any atom is -0.497 e. The van der Waals surface area contributed by atoms with Crippen LogP contribution in [0.1, 0.15) is 44.1 Å². The van der Waals surface area contributed by atoms with Crippen molar-refractivity contribution in [2.45, 2.75) is 44.6 Å². The van der Waals surface area contributed by atoms with Crippen LogP contribution in [-0.4, -0.2) is 45.3 Å². The van der Waals surface area contributed by atoms with Gasteiger partial charge in [0.15, 0.2) is 0 Å². The van der Waals surface area contributed by atoms with Crippen molar-refractivity contribution in [2.24, 2.45) is 5.92 Å². The van der Waals surface area contributed by atoms with Gasteiger partial charge in [-0.05, 0) is 44.4 Å². The maximum Gasteiger partial charge on any atom is 0.336 e. The highest BCUT2D eigenvalue weighted by Crippen LogP contribution is 2.47. The Morgan fingerprint density at radius 1 is 1.23 bits per heavy atom. The predicted molar refractivity (Wildman–Crippen MR) is 114 cm³/mol. The summed E-state index contributed by atoms with van der Waals surface area (Å²) in [5.41, 5.74) is 2.70. The number of fused-ring (bicyclic) bond motifs is 1. The molecule has 1 saturated heterocycles. The van der Waals surface area contributed by atoms with Gasteiger partial charge in [-0.25, -0.2) is 4.79 Å². The summed E-state index contributed by atoms with van der Waals surface area (Å²) in [7, 11) is 3.17. The lowest BCUT2D eigenvalue weighted by Gasteiger charge is -2.38. The molecule has 0 aromatic heterocycles. The highest BCUT2D eigenvalue weighted by molar-refractivity contribution is 5.96. The monoisotopic (exact) mass is 427 g/mol. The van der Waals surface area contributed by atoms with E-state index >= 15 is 0 Å². The van der Waals surface area contributed by atoms with E-state index in [1.165, 1.54) is 0 Å². The average Bonchev–Trinajstić information content (AvgIpc) is 3.30. The Balaban J connectivity index is 1.77. The SMILES string of the molecule is COc1ccc(OC)c(C2C(C(=O)OCC3CCCO3)=C(C)NC3=CCCC(=O)C32)c1. The van der Waals surface area contributed by atoms with E-state index in [2.05, 4.69) is 5.32 Å². The molecule has 0 bridgehead atoms. The fourth-order valence-corrected chi connectivity index (χ4v) is 4.72. The zero-order valence-corrected chi connectivity index (χ0v) is 18.2. The van der Waals surface area contributed by atoms with E-state index in [0.717, 1.165) is 24.1 Å². The predicted octanol–water partition coefficient (Wildman–Crippen LogP) is 3.25. The third kappa shape index (κ3) is 4.19. The fraction of sp³-hybridized carbons (Fsp3) is 0.500. The van der Waals surface area contributed by atoms with Gasteiger partial charge in [0.2, 0.25) is 0 Å². The van der Waals surface area contributed by atoms with Crippen LogP contribution in [0.2, 0.25) is 0 Å². The highest BCUT2D eigenvalue weighted by atomic mass is 16.6. The molecule has 2 aliphatic heterocycles. The Hall–Kier alpha value is -2.80. The maximum absolute atomic E-state index is 13.3. The first-order valence-corrected chi connectivity index (χ1v) is 10.7. The molecule has 0 saturated carbocycles. The summed E-state index contributed by atoms with van der Waals surface area (Å²) in [6.07, 6.45) is 4.95. The standard InChI is InChI=1S/C24H29NO6/c1-14-21(24(27)31-13-16-6-5-11-30-16)22(23-18(25-14)7-4-8-19(23)26)17-12-15(28-2)9-10-20(17)29-3/h7,9-10,12,16,22-23,25H,4-6,8,11,13H2,1-3H3. The first kappa shape index (κ1) is 21.4. The van der Waals surface area contributed by atoms with Crippen LogP contribution in [0.4, 0.5) is 0 Å².